The average Bonchev–Trinajstić information content (AvgIpc) is 2.03. The summed E-state index contributed by atoms with van der Waals surface area (Å²) in [5.74, 6) is 1.48. The standard InChI is InChI=1S/C9H13ClN2/c1-7-4-5-11-9(12(2)3)8(7)6-10/h4-5H,6H2,1-3H3. The Labute approximate surface area is 78.2 Å². The van der Waals surface area contributed by atoms with Crippen LogP contribution in [0.5, 0.6) is 0 Å². The Kier molecular flexibility index (Phi) is 2.93. The van der Waals surface area contributed by atoms with Crippen molar-refractivity contribution in [1.82, 2.24) is 4.98 Å². The second-order valence-corrected chi connectivity index (χ2v) is 3.23. The number of aryl methyl sites for hydroxylation is 1. The summed E-state index contributed by atoms with van der Waals surface area (Å²) in [6.07, 6.45) is 1.81. The molecule has 0 fully saturated rings. The maximum atomic E-state index is 5.81. The highest BCUT2D eigenvalue weighted by Gasteiger charge is 2.06. The van der Waals surface area contributed by atoms with E-state index in [1.165, 1.54) is 5.56 Å². The Morgan fingerprint density at radius 2 is 2.17 bits per heavy atom. The van der Waals surface area contributed by atoms with Crippen molar-refractivity contribution in [1.29, 1.82) is 0 Å². The summed E-state index contributed by atoms with van der Waals surface area (Å²) in [6, 6.07) is 1.98. The Bertz CT molecular complexity index is 271. The van der Waals surface area contributed by atoms with Crippen LogP contribution in [0.4, 0.5) is 5.82 Å². The molecule has 0 unspecified atom stereocenters. The summed E-state index contributed by atoms with van der Waals surface area (Å²) in [5, 5.41) is 0. The summed E-state index contributed by atoms with van der Waals surface area (Å²) in [4.78, 5) is 6.23. The van der Waals surface area contributed by atoms with Gasteiger partial charge in [-0.15, -0.1) is 11.6 Å². The molecular formula is C9H13ClN2. The zero-order chi connectivity index (χ0) is 9.14. The molecule has 0 aliphatic heterocycles. The Morgan fingerprint density at radius 3 is 2.58 bits per heavy atom. The van der Waals surface area contributed by atoms with Crippen molar-refractivity contribution in [2.24, 2.45) is 0 Å². The molecule has 0 spiro atoms. The molecule has 0 N–H and O–H groups in total. The zero-order valence-corrected chi connectivity index (χ0v) is 8.39. The van der Waals surface area contributed by atoms with Crippen LogP contribution < -0.4 is 4.90 Å². The summed E-state index contributed by atoms with van der Waals surface area (Å²) >= 11 is 5.81. The van der Waals surface area contributed by atoms with Crippen LogP contribution in [0.3, 0.4) is 0 Å². The normalized spacial score (nSPS) is 10.0. The Balaban J connectivity index is 3.18. The van der Waals surface area contributed by atoms with Gasteiger partial charge in [-0.3, -0.25) is 0 Å². The average molecular weight is 185 g/mol. The second kappa shape index (κ2) is 3.76. The minimum absolute atomic E-state index is 0.521. The first-order valence-corrected chi connectivity index (χ1v) is 4.38. The number of alkyl halides is 1. The fourth-order valence-electron chi connectivity index (χ4n) is 1.13. The van der Waals surface area contributed by atoms with E-state index in [-0.39, 0.29) is 0 Å². The van der Waals surface area contributed by atoms with Crippen LogP contribution >= 0.6 is 11.6 Å². The molecule has 0 atom stereocenters. The molecule has 0 bridgehead atoms. The van der Waals surface area contributed by atoms with E-state index in [9.17, 15) is 0 Å². The lowest BCUT2D eigenvalue weighted by Crippen LogP contribution is -2.13. The fourth-order valence-corrected chi connectivity index (χ4v) is 1.46. The molecule has 12 heavy (non-hydrogen) atoms. The maximum absolute atomic E-state index is 5.81. The molecule has 0 saturated carbocycles. The topological polar surface area (TPSA) is 16.1 Å². The smallest absolute Gasteiger partial charge is 0.132 e. The molecule has 0 amide bonds. The van der Waals surface area contributed by atoms with E-state index in [0.717, 1.165) is 11.4 Å². The molecule has 66 valence electrons. The van der Waals surface area contributed by atoms with Gasteiger partial charge in [0.05, 0.1) is 5.88 Å². The monoisotopic (exact) mass is 184 g/mol. The van der Waals surface area contributed by atoms with Crippen LogP contribution in [0.15, 0.2) is 12.3 Å². The van der Waals surface area contributed by atoms with E-state index in [1.807, 2.05) is 32.0 Å². The van der Waals surface area contributed by atoms with Crippen molar-refractivity contribution in [3.8, 4) is 0 Å². The predicted octanol–water partition coefficient (Wildman–Crippen LogP) is 2.19. The summed E-state index contributed by atoms with van der Waals surface area (Å²) in [5.41, 5.74) is 2.31. The number of hydrogen-bond acceptors (Lipinski definition) is 2. The molecule has 1 rings (SSSR count). The van der Waals surface area contributed by atoms with Crippen LogP contribution in [-0.4, -0.2) is 19.1 Å². The largest absolute Gasteiger partial charge is 0.362 e. The zero-order valence-electron chi connectivity index (χ0n) is 7.63. The predicted molar refractivity (Wildman–Crippen MR) is 52.9 cm³/mol. The molecule has 0 saturated heterocycles. The van der Waals surface area contributed by atoms with E-state index in [1.54, 1.807) is 6.20 Å². The number of nitrogens with zero attached hydrogens (tertiary/aromatic N) is 2. The first-order chi connectivity index (χ1) is 5.66. The third kappa shape index (κ3) is 1.69. The van der Waals surface area contributed by atoms with Gasteiger partial charge in [-0.25, -0.2) is 4.98 Å². The SMILES string of the molecule is Cc1ccnc(N(C)C)c1CCl. The minimum atomic E-state index is 0.521. The summed E-state index contributed by atoms with van der Waals surface area (Å²) < 4.78 is 0. The van der Waals surface area contributed by atoms with Gasteiger partial charge < -0.3 is 4.90 Å². The number of aromatic nitrogens is 1. The first kappa shape index (κ1) is 9.33. The molecule has 0 radical (unpaired) electrons. The van der Waals surface area contributed by atoms with E-state index in [4.69, 9.17) is 11.6 Å². The lowest BCUT2D eigenvalue weighted by atomic mass is 10.1. The molecular weight excluding hydrogens is 172 g/mol. The third-order valence-corrected chi connectivity index (χ3v) is 2.09. The Hall–Kier alpha value is -0.760. The van der Waals surface area contributed by atoms with Gasteiger partial charge in [-0.1, -0.05) is 0 Å². The molecule has 0 aliphatic carbocycles. The maximum Gasteiger partial charge on any atom is 0.132 e. The molecule has 1 aromatic rings. The molecule has 0 aliphatic rings. The fraction of sp³-hybridized carbons (Fsp3) is 0.444. The molecule has 1 heterocycles. The summed E-state index contributed by atoms with van der Waals surface area (Å²) in [6.45, 7) is 2.05. The van der Waals surface area contributed by atoms with Gasteiger partial charge in [0.1, 0.15) is 5.82 Å². The number of hydrogen-bond donors (Lipinski definition) is 0. The van der Waals surface area contributed by atoms with Crippen LogP contribution in [0, 0.1) is 6.92 Å². The van der Waals surface area contributed by atoms with Gasteiger partial charge in [-0.05, 0) is 18.6 Å². The van der Waals surface area contributed by atoms with Crippen molar-refractivity contribution >= 4 is 17.4 Å². The second-order valence-electron chi connectivity index (χ2n) is 2.96. The van der Waals surface area contributed by atoms with Gasteiger partial charge >= 0.3 is 0 Å². The van der Waals surface area contributed by atoms with Crippen molar-refractivity contribution < 1.29 is 0 Å². The van der Waals surface area contributed by atoms with Gasteiger partial charge in [-0.2, -0.15) is 0 Å². The third-order valence-electron chi connectivity index (χ3n) is 1.82. The van der Waals surface area contributed by atoms with Gasteiger partial charge in [0, 0.05) is 25.9 Å². The molecule has 0 aromatic carbocycles. The van der Waals surface area contributed by atoms with Crippen LogP contribution in [0.1, 0.15) is 11.1 Å². The Morgan fingerprint density at radius 1 is 1.50 bits per heavy atom. The van der Waals surface area contributed by atoms with E-state index < -0.39 is 0 Å². The number of anilines is 1. The quantitative estimate of drug-likeness (QED) is 0.656. The van der Waals surface area contributed by atoms with Gasteiger partial charge in [0.25, 0.3) is 0 Å². The number of pyridine rings is 1. The van der Waals surface area contributed by atoms with Gasteiger partial charge in [0.2, 0.25) is 0 Å². The van der Waals surface area contributed by atoms with Gasteiger partial charge in [0.15, 0.2) is 0 Å². The lowest BCUT2D eigenvalue weighted by molar-refractivity contribution is 1.03. The van der Waals surface area contributed by atoms with Crippen molar-refractivity contribution in [3.63, 3.8) is 0 Å². The van der Waals surface area contributed by atoms with Crippen molar-refractivity contribution in [2.75, 3.05) is 19.0 Å². The highest BCUT2D eigenvalue weighted by molar-refractivity contribution is 6.17. The molecule has 1 aromatic heterocycles. The lowest BCUT2D eigenvalue weighted by Gasteiger charge is -2.15. The highest BCUT2D eigenvalue weighted by atomic mass is 35.5. The molecule has 2 nitrogen and oxygen atoms in total. The van der Waals surface area contributed by atoms with Crippen molar-refractivity contribution in [2.45, 2.75) is 12.8 Å². The van der Waals surface area contributed by atoms with E-state index in [2.05, 4.69) is 4.98 Å². The van der Waals surface area contributed by atoms with E-state index in [0.29, 0.717) is 5.88 Å². The van der Waals surface area contributed by atoms with Crippen LogP contribution in [-0.2, 0) is 5.88 Å². The van der Waals surface area contributed by atoms with Crippen molar-refractivity contribution in [3.05, 3.63) is 23.4 Å². The molecule has 3 heteroatoms. The highest BCUT2D eigenvalue weighted by Crippen LogP contribution is 2.20. The summed E-state index contributed by atoms with van der Waals surface area (Å²) in [7, 11) is 3.94. The van der Waals surface area contributed by atoms with Crippen LogP contribution in [0.2, 0.25) is 0 Å². The number of halogens is 1. The number of rotatable bonds is 2. The van der Waals surface area contributed by atoms with E-state index >= 15 is 0 Å². The van der Waals surface area contributed by atoms with Crippen LogP contribution in [0.25, 0.3) is 0 Å². The first-order valence-electron chi connectivity index (χ1n) is 3.84. The minimum Gasteiger partial charge on any atom is -0.362 e.